The topological polar surface area (TPSA) is 78.0 Å². The molecule has 0 unspecified atom stereocenters. The number of amides is 1. The van der Waals surface area contributed by atoms with Crippen molar-refractivity contribution in [1.82, 2.24) is 29.0 Å². The van der Waals surface area contributed by atoms with Crippen LogP contribution in [0.3, 0.4) is 0 Å². The molecule has 0 N–H and O–H groups in total. The van der Waals surface area contributed by atoms with Crippen molar-refractivity contribution in [3.05, 3.63) is 46.1 Å². The van der Waals surface area contributed by atoms with Crippen LogP contribution in [0.15, 0.2) is 29.3 Å². The maximum atomic E-state index is 13.6. The van der Waals surface area contributed by atoms with Gasteiger partial charge in [-0.2, -0.15) is 10.2 Å². The standard InChI is InChI=1S/C21H26F2N6O2/c1-26(12-15-7-9-24-27(15)2)18(30)8-10-28-19(31)11-16(20(22)23)17-13-29(25-21(17)28)14-5-3-4-6-14/h7,9,11,13-14,20H,3-6,8,10,12H2,1-2H3. The van der Waals surface area contributed by atoms with E-state index in [0.29, 0.717) is 6.54 Å². The monoisotopic (exact) mass is 432 g/mol. The number of halogens is 2. The van der Waals surface area contributed by atoms with Gasteiger partial charge in [0, 0.05) is 56.5 Å². The average molecular weight is 432 g/mol. The molecule has 1 aliphatic rings. The molecule has 0 aliphatic heterocycles. The van der Waals surface area contributed by atoms with Crippen molar-refractivity contribution in [1.29, 1.82) is 0 Å². The number of hydrogen-bond acceptors (Lipinski definition) is 4. The summed E-state index contributed by atoms with van der Waals surface area (Å²) >= 11 is 0. The second-order valence-electron chi connectivity index (χ2n) is 8.12. The van der Waals surface area contributed by atoms with Crippen LogP contribution in [0.1, 0.15) is 55.8 Å². The lowest BCUT2D eigenvalue weighted by atomic mass is 10.2. The highest BCUT2D eigenvalue weighted by molar-refractivity contribution is 5.80. The fourth-order valence-electron chi connectivity index (χ4n) is 4.22. The largest absolute Gasteiger partial charge is 0.340 e. The van der Waals surface area contributed by atoms with Crippen molar-refractivity contribution in [3.8, 4) is 0 Å². The summed E-state index contributed by atoms with van der Waals surface area (Å²) in [7, 11) is 3.48. The molecule has 0 atom stereocenters. The van der Waals surface area contributed by atoms with Crippen LogP contribution in [0, 0.1) is 0 Å². The Labute approximate surface area is 178 Å². The Morgan fingerprint density at radius 2 is 2.06 bits per heavy atom. The molecule has 0 radical (unpaired) electrons. The zero-order valence-corrected chi connectivity index (χ0v) is 17.7. The van der Waals surface area contributed by atoms with Gasteiger partial charge < -0.3 is 4.90 Å². The van der Waals surface area contributed by atoms with Gasteiger partial charge in [0.25, 0.3) is 12.0 Å². The van der Waals surface area contributed by atoms with Crippen molar-refractivity contribution in [3.63, 3.8) is 0 Å². The zero-order chi connectivity index (χ0) is 22.1. The van der Waals surface area contributed by atoms with E-state index in [0.717, 1.165) is 37.4 Å². The van der Waals surface area contributed by atoms with E-state index < -0.39 is 12.0 Å². The van der Waals surface area contributed by atoms with E-state index in [1.807, 2.05) is 6.07 Å². The molecule has 10 heteroatoms. The average Bonchev–Trinajstić information content (AvgIpc) is 3.47. The highest BCUT2D eigenvalue weighted by atomic mass is 19.3. The van der Waals surface area contributed by atoms with Crippen LogP contribution in [0.5, 0.6) is 0 Å². The van der Waals surface area contributed by atoms with Crippen molar-refractivity contribution < 1.29 is 13.6 Å². The number of carbonyl (C=O) groups excluding carboxylic acids is 1. The SMILES string of the molecule is CN(Cc1ccnn1C)C(=O)CCn1c(=O)cc(C(F)F)c2cn(C3CCCC3)nc21. The first-order valence-corrected chi connectivity index (χ1v) is 10.5. The molecule has 3 aromatic heterocycles. The molecule has 1 aliphatic carbocycles. The number of aryl methyl sites for hydroxylation is 2. The molecule has 0 aromatic carbocycles. The molecule has 166 valence electrons. The third-order valence-corrected chi connectivity index (χ3v) is 6.05. The zero-order valence-electron chi connectivity index (χ0n) is 17.7. The Kier molecular flexibility index (Phi) is 5.88. The van der Waals surface area contributed by atoms with Gasteiger partial charge in [-0.1, -0.05) is 12.8 Å². The molecule has 1 fully saturated rings. The number of pyridine rings is 1. The second kappa shape index (κ2) is 8.60. The van der Waals surface area contributed by atoms with Gasteiger partial charge in [-0.25, -0.2) is 8.78 Å². The molecule has 0 bridgehead atoms. The molecule has 3 aromatic rings. The van der Waals surface area contributed by atoms with Gasteiger partial charge in [-0.3, -0.25) is 23.5 Å². The molecule has 1 saturated carbocycles. The predicted molar refractivity (Wildman–Crippen MR) is 111 cm³/mol. The van der Waals surface area contributed by atoms with Crippen LogP contribution in [0.25, 0.3) is 11.0 Å². The van der Waals surface area contributed by atoms with Crippen LogP contribution in [0.4, 0.5) is 8.78 Å². The first kappa shape index (κ1) is 21.2. The Balaban J connectivity index is 1.58. The fourth-order valence-corrected chi connectivity index (χ4v) is 4.22. The number of nitrogens with zero attached hydrogens (tertiary/aromatic N) is 6. The minimum absolute atomic E-state index is 0.0632. The third-order valence-electron chi connectivity index (χ3n) is 6.05. The summed E-state index contributed by atoms with van der Waals surface area (Å²) in [6.45, 7) is 0.468. The highest BCUT2D eigenvalue weighted by Crippen LogP contribution is 2.32. The van der Waals surface area contributed by atoms with Gasteiger partial charge in [-0.05, 0) is 18.9 Å². The number of alkyl halides is 2. The van der Waals surface area contributed by atoms with E-state index in [9.17, 15) is 18.4 Å². The summed E-state index contributed by atoms with van der Waals surface area (Å²) in [6.07, 6.45) is 4.62. The van der Waals surface area contributed by atoms with Crippen molar-refractivity contribution in [2.75, 3.05) is 7.05 Å². The van der Waals surface area contributed by atoms with Crippen molar-refractivity contribution >= 4 is 16.9 Å². The van der Waals surface area contributed by atoms with E-state index in [-0.39, 0.29) is 41.5 Å². The van der Waals surface area contributed by atoms with Crippen molar-refractivity contribution in [2.24, 2.45) is 7.05 Å². The third kappa shape index (κ3) is 4.24. The van der Waals surface area contributed by atoms with Crippen LogP contribution >= 0.6 is 0 Å². The molecular formula is C21H26F2N6O2. The summed E-state index contributed by atoms with van der Waals surface area (Å²) < 4.78 is 31.9. The number of hydrogen-bond donors (Lipinski definition) is 0. The van der Waals surface area contributed by atoms with Gasteiger partial charge in [0.05, 0.1) is 18.3 Å². The van der Waals surface area contributed by atoms with Crippen LogP contribution in [0.2, 0.25) is 0 Å². The summed E-state index contributed by atoms with van der Waals surface area (Å²) in [5, 5.41) is 8.87. The first-order chi connectivity index (χ1) is 14.8. The minimum Gasteiger partial charge on any atom is -0.340 e. The number of rotatable bonds is 7. The Morgan fingerprint density at radius 3 is 2.71 bits per heavy atom. The van der Waals surface area contributed by atoms with E-state index >= 15 is 0 Å². The maximum Gasteiger partial charge on any atom is 0.264 e. The minimum atomic E-state index is -2.77. The molecule has 0 saturated heterocycles. The van der Waals surface area contributed by atoms with Gasteiger partial charge in [0.1, 0.15) is 0 Å². The lowest BCUT2D eigenvalue weighted by molar-refractivity contribution is -0.130. The van der Waals surface area contributed by atoms with Crippen LogP contribution in [-0.2, 0) is 24.9 Å². The summed E-state index contributed by atoms with van der Waals surface area (Å²) in [4.78, 5) is 26.8. The van der Waals surface area contributed by atoms with Gasteiger partial charge >= 0.3 is 0 Å². The predicted octanol–water partition coefficient (Wildman–Crippen LogP) is 3.03. The molecule has 0 spiro atoms. The Hall–Kier alpha value is -3.04. The van der Waals surface area contributed by atoms with Crippen LogP contribution < -0.4 is 5.56 Å². The van der Waals surface area contributed by atoms with Crippen LogP contribution in [-0.4, -0.2) is 42.0 Å². The fraction of sp³-hybridized carbons (Fsp3) is 0.524. The van der Waals surface area contributed by atoms with Gasteiger partial charge in [0.15, 0.2) is 5.65 Å². The summed E-state index contributed by atoms with van der Waals surface area (Å²) in [5.41, 5.74) is 0.227. The first-order valence-electron chi connectivity index (χ1n) is 10.5. The van der Waals surface area contributed by atoms with E-state index in [2.05, 4.69) is 10.2 Å². The van der Waals surface area contributed by atoms with E-state index in [1.165, 1.54) is 4.57 Å². The Morgan fingerprint density at radius 1 is 1.32 bits per heavy atom. The Bertz CT molecular complexity index is 1140. The molecule has 4 rings (SSSR count). The molecule has 8 nitrogen and oxygen atoms in total. The van der Waals surface area contributed by atoms with Gasteiger partial charge in [-0.15, -0.1) is 0 Å². The van der Waals surface area contributed by atoms with Gasteiger partial charge in [0.2, 0.25) is 5.91 Å². The number of fused-ring (bicyclic) bond motifs is 1. The summed E-state index contributed by atoms with van der Waals surface area (Å²) in [5.74, 6) is -0.158. The lowest BCUT2D eigenvalue weighted by Gasteiger charge is -2.18. The molecular weight excluding hydrogens is 406 g/mol. The second-order valence-corrected chi connectivity index (χ2v) is 8.12. The van der Waals surface area contributed by atoms with Crippen molar-refractivity contribution in [2.45, 2.75) is 57.7 Å². The number of carbonyl (C=O) groups is 1. The maximum absolute atomic E-state index is 13.6. The molecule has 1 amide bonds. The quantitative estimate of drug-likeness (QED) is 0.575. The normalized spacial score (nSPS) is 14.7. The molecule has 3 heterocycles. The van der Waals surface area contributed by atoms with E-state index in [1.54, 1.807) is 40.8 Å². The highest BCUT2D eigenvalue weighted by Gasteiger charge is 2.23. The molecule has 31 heavy (non-hydrogen) atoms. The summed E-state index contributed by atoms with van der Waals surface area (Å²) in [6, 6.07) is 2.96. The number of aromatic nitrogens is 5. The van der Waals surface area contributed by atoms with E-state index in [4.69, 9.17) is 0 Å². The smallest absolute Gasteiger partial charge is 0.264 e. The lowest BCUT2D eigenvalue weighted by Crippen LogP contribution is -2.30.